The first kappa shape index (κ1) is 15.5. The predicted octanol–water partition coefficient (Wildman–Crippen LogP) is 3.00. The average molecular weight is 375 g/mol. The summed E-state index contributed by atoms with van der Waals surface area (Å²) < 4.78 is 28.0. The average Bonchev–Trinajstić information content (AvgIpc) is 2.79. The van der Waals surface area contributed by atoms with Gasteiger partial charge in [-0.2, -0.15) is 11.3 Å². The van der Waals surface area contributed by atoms with Crippen LogP contribution < -0.4 is 10.5 Å². The molecule has 108 valence electrons. The molecule has 3 N–H and O–H groups in total. The van der Waals surface area contributed by atoms with E-state index in [1.165, 1.54) is 6.07 Å². The van der Waals surface area contributed by atoms with E-state index >= 15 is 0 Å². The first-order chi connectivity index (χ1) is 9.38. The summed E-state index contributed by atoms with van der Waals surface area (Å²) in [4.78, 5) is 0.109. The van der Waals surface area contributed by atoms with Crippen LogP contribution in [0.5, 0.6) is 0 Å². The van der Waals surface area contributed by atoms with Crippen LogP contribution in [0, 0.1) is 0 Å². The highest BCUT2D eigenvalue weighted by Crippen LogP contribution is 2.23. The number of thiophene rings is 1. The van der Waals surface area contributed by atoms with Gasteiger partial charge in [-0.1, -0.05) is 15.9 Å². The molecular weight excluding hydrogens is 360 g/mol. The molecule has 0 bridgehead atoms. The van der Waals surface area contributed by atoms with Crippen molar-refractivity contribution in [1.82, 2.24) is 4.72 Å². The number of nitrogens with two attached hydrogens (primary N) is 1. The fraction of sp³-hybridized carbons (Fsp3) is 0.231. The maximum absolute atomic E-state index is 12.3. The van der Waals surface area contributed by atoms with Crippen molar-refractivity contribution < 1.29 is 8.42 Å². The SMILES string of the molecule is CC(Cc1ccsc1)NS(=O)(=O)c1ccc(Br)cc1N. The van der Waals surface area contributed by atoms with E-state index in [4.69, 9.17) is 5.73 Å². The zero-order valence-electron chi connectivity index (χ0n) is 10.8. The van der Waals surface area contributed by atoms with Gasteiger partial charge in [-0.25, -0.2) is 13.1 Å². The zero-order chi connectivity index (χ0) is 14.8. The van der Waals surface area contributed by atoms with Gasteiger partial charge in [-0.15, -0.1) is 0 Å². The van der Waals surface area contributed by atoms with Crippen molar-refractivity contribution in [3.8, 4) is 0 Å². The fourth-order valence-corrected chi connectivity index (χ4v) is 4.31. The summed E-state index contributed by atoms with van der Waals surface area (Å²) in [7, 11) is -3.60. The highest BCUT2D eigenvalue weighted by atomic mass is 79.9. The number of nitrogens with one attached hydrogen (secondary N) is 1. The lowest BCUT2D eigenvalue weighted by atomic mass is 10.1. The standard InChI is InChI=1S/C13H15BrN2O2S2/c1-9(6-10-4-5-19-8-10)16-20(17,18)13-3-2-11(14)7-12(13)15/h2-5,7-9,16H,6,15H2,1H3. The van der Waals surface area contributed by atoms with Gasteiger partial charge in [-0.3, -0.25) is 0 Å². The monoisotopic (exact) mass is 374 g/mol. The Labute approximate surface area is 131 Å². The van der Waals surface area contributed by atoms with E-state index < -0.39 is 10.0 Å². The molecule has 0 aliphatic heterocycles. The second kappa shape index (κ2) is 6.26. The predicted molar refractivity (Wildman–Crippen MR) is 86.4 cm³/mol. The van der Waals surface area contributed by atoms with Crippen LogP contribution in [0.1, 0.15) is 12.5 Å². The maximum atomic E-state index is 12.3. The second-order valence-corrected chi connectivity index (χ2v) is 7.92. The lowest BCUT2D eigenvalue weighted by Crippen LogP contribution is -2.34. The second-order valence-electron chi connectivity index (χ2n) is 4.54. The van der Waals surface area contributed by atoms with Crippen molar-refractivity contribution >= 4 is 43.0 Å². The van der Waals surface area contributed by atoms with E-state index in [1.807, 2.05) is 23.8 Å². The van der Waals surface area contributed by atoms with Crippen molar-refractivity contribution in [3.63, 3.8) is 0 Å². The summed E-state index contributed by atoms with van der Waals surface area (Å²) >= 11 is 4.86. The summed E-state index contributed by atoms with van der Waals surface area (Å²) in [6, 6.07) is 6.53. The number of nitrogen functional groups attached to an aromatic ring is 1. The van der Waals surface area contributed by atoms with E-state index in [-0.39, 0.29) is 16.6 Å². The van der Waals surface area contributed by atoms with Crippen molar-refractivity contribution in [2.45, 2.75) is 24.3 Å². The summed E-state index contributed by atoms with van der Waals surface area (Å²) in [5.74, 6) is 0. The Morgan fingerprint density at radius 2 is 2.15 bits per heavy atom. The van der Waals surface area contributed by atoms with Crippen LogP contribution in [0.25, 0.3) is 0 Å². The van der Waals surface area contributed by atoms with Crippen LogP contribution in [0.4, 0.5) is 5.69 Å². The normalized spacial score (nSPS) is 13.3. The Kier molecular flexibility index (Phi) is 4.85. The third-order valence-corrected chi connectivity index (χ3v) is 5.63. The Morgan fingerprint density at radius 1 is 1.40 bits per heavy atom. The Bertz CT molecular complexity index is 684. The Balaban J connectivity index is 2.14. The van der Waals surface area contributed by atoms with Crippen molar-refractivity contribution in [3.05, 3.63) is 45.1 Å². The van der Waals surface area contributed by atoms with Crippen LogP contribution in [0.2, 0.25) is 0 Å². The van der Waals surface area contributed by atoms with Gasteiger partial charge in [0, 0.05) is 10.5 Å². The topological polar surface area (TPSA) is 72.2 Å². The molecule has 1 aromatic heterocycles. The number of benzene rings is 1. The number of anilines is 1. The smallest absolute Gasteiger partial charge is 0.242 e. The molecule has 0 aliphatic carbocycles. The number of hydrogen-bond acceptors (Lipinski definition) is 4. The molecule has 0 radical (unpaired) electrons. The molecule has 2 aromatic rings. The minimum Gasteiger partial charge on any atom is -0.398 e. The molecule has 0 spiro atoms. The largest absolute Gasteiger partial charge is 0.398 e. The lowest BCUT2D eigenvalue weighted by Gasteiger charge is -2.15. The molecule has 1 unspecified atom stereocenters. The number of sulfonamides is 1. The van der Waals surface area contributed by atoms with Crippen LogP contribution in [0.3, 0.4) is 0 Å². The molecule has 1 atom stereocenters. The molecule has 0 aliphatic rings. The molecular formula is C13H15BrN2O2S2. The van der Waals surface area contributed by atoms with Crippen molar-refractivity contribution in [2.24, 2.45) is 0 Å². The van der Waals surface area contributed by atoms with Gasteiger partial charge in [0.25, 0.3) is 0 Å². The zero-order valence-corrected chi connectivity index (χ0v) is 14.1. The van der Waals surface area contributed by atoms with Gasteiger partial charge in [0.2, 0.25) is 10.0 Å². The third-order valence-electron chi connectivity index (χ3n) is 2.74. The highest BCUT2D eigenvalue weighted by Gasteiger charge is 2.20. The minimum absolute atomic E-state index is 0.109. The number of hydrogen-bond donors (Lipinski definition) is 2. The first-order valence-electron chi connectivity index (χ1n) is 5.97. The Hall–Kier alpha value is -0.890. The van der Waals surface area contributed by atoms with E-state index in [9.17, 15) is 8.42 Å². The molecule has 20 heavy (non-hydrogen) atoms. The molecule has 4 nitrogen and oxygen atoms in total. The molecule has 0 amide bonds. The molecule has 2 rings (SSSR count). The van der Waals surface area contributed by atoms with Crippen molar-refractivity contribution in [1.29, 1.82) is 0 Å². The summed E-state index contributed by atoms with van der Waals surface area (Å²) in [5.41, 5.74) is 7.12. The van der Waals surface area contributed by atoms with Crippen LogP contribution in [-0.4, -0.2) is 14.5 Å². The maximum Gasteiger partial charge on any atom is 0.242 e. The van der Waals surface area contributed by atoms with Crippen LogP contribution >= 0.6 is 27.3 Å². The van der Waals surface area contributed by atoms with Gasteiger partial charge < -0.3 is 5.73 Å². The van der Waals surface area contributed by atoms with Gasteiger partial charge in [-0.05, 0) is 53.9 Å². The van der Waals surface area contributed by atoms with Gasteiger partial charge >= 0.3 is 0 Å². The minimum atomic E-state index is -3.60. The van der Waals surface area contributed by atoms with Crippen LogP contribution in [-0.2, 0) is 16.4 Å². The van der Waals surface area contributed by atoms with Crippen LogP contribution in [0.15, 0.2) is 44.4 Å². The van der Waals surface area contributed by atoms with E-state index in [2.05, 4.69) is 20.7 Å². The van der Waals surface area contributed by atoms with Gasteiger partial charge in [0.15, 0.2) is 0 Å². The number of rotatable bonds is 5. The number of halogens is 1. The summed E-state index contributed by atoms with van der Waals surface area (Å²) in [6.45, 7) is 1.84. The molecule has 1 aromatic carbocycles. The van der Waals surface area contributed by atoms with E-state index in [1.54, 1.807) is 23.5 Å². The van der Waals surface area contributed by atoms with E-state index in [0.717, 1.165) is 10.0 Å². The van der Waals surface area contributed by atoms with Gasteiger partial charge in [0.05, 0.1) is 5.69 Å². The summed E-state index contributed by atoms with van der Waals surface area (Å²) in [6.07, 6.45) is 0.652. The highest BCUT2D eigenvalue weighted by molar-refractivity contribution is 9.10. The first-order valence-corrected chi connectivity index (χ1v) is 9.19. The van der Waals surface area contributed by atoms with Gasteiger partial charge in [0.1, 0.15) is 4.90 Å². The molecule has 7 heteroatoms. The fourth-order valence-electron chi connectivity index (χ4n) is 1.90. The Morgan fingerprint density at radius 3 is 2.75 bits per heavy atom. The van der Waals surface area contributed by atoms with E-state index in [0.29, 0.717) is 6.42 Å². The molecule has 0 saturated heterocycles. The third kappa shape index (κ3) is 3.82. The lowest BCUT2D eigenvalue weighted by molar-refractivity contribution is 0.560. The molecule has 1 heterocycles. The molecule has 0 saturated carbocycles. The quantitative estimate of drug-likeness (QED) is 0.790. The summed E-state index contributed by atoms with van der Waals surface area (Å²) in [5, 5.41) is 3.99. The molecule has 0 fully saturated rings. The van der Waals surface area contributed by atoms with Crippen molar-refractivity contribution in [2.75, 3.05) is 5.73 Å².